The lowest BCUT2D eigenvalue weighted by atomic mass is 10.0. The Morgan fingerprint density at radius 1 is 1.12 bits per heavy atom. The molecule has 2 aromatic rings. The predicted molar refractivity (Wildman–Crippen MR) is 96.8 cm³/mol. The number of nitrogens with zero attached hydrogens (tertiary/aromatic N) is 1. The van der Waals surface area contributed by atoms with Gasteiger partial charge in [-0.1, -0.05) is 39.0 Å². The van der Waals surface area contributed by atoms with Gasteiger partial charge in [-0.3, -0.25) is 0 Å². The van der Waals surface area contributed by atoms with Crippen LogP contribution < -0.4 is 4.74 Å². The molecule has 0 bridgehead atoms. The average molecular weight is 365 g/mol. The molecule has 25 heavy (non-hydrogen) atoms. The third-order valence-corrected chi connectivity index (χ3v) is 6.05. The summed E-state index contributed by atoms with van der Waals surface area (Å²) in [6.45, 7) is 6.27. The molecule has 0 aliphatic rings. The molecule has 0 amide bonds. The number of rotatable bonds is 7. The van der Waals surface area contributed by atoms with Gasteiger partial charge >= 0.3 is 0 Å². The summed E-state index contributed by atoms with van der Waals surface area (Å²) in [4.78, 5) is 0.243. The van der Waals surface area contributed by atoms with E-state index < -0.39 is 15.8 Å². The van der Waals surface area contributed by atoms with Crippen molar-refractivity contribution in [3.63, 3.8) is 0 Å². The SMILES string of the molecule is CCN(Cc1ccc(OC)c(F)c1)S(=O)(=O)c1ccc(C(C)C)cc1. The quantitative estimate of drug-likeness (QED) is 0.740. The third-order valence-electron chi connectivity index (χ3n) is 4.11. The number of hydrogen-bond acceptors (Lipinski definition) is 3. The summed E-state index contributed by atoms with van der Waals surface area (Å²) in [5.74, 6) is -0.0324. The molecule has 6 heteroatoms. The van der Waals surface area contributed by atoms with Crippen LogP contribution in [0.3, 0.4) is 0 Å². The van der Waals surface area contributed by atoms with Gasteiger partial charge in [0, 0.05) is 13.1 Å². The molecule has 0 aliphatic heterocycles. The van der Waals surface area contributed by atoms with Gasteiger partial charge in [-0.15, -0.1) is 0 Å². The monoisotopic (exact) mass is 365 g/mol. The Hall–Kier alpha value is -1.92. The van der Waals surface area contributed by atoms with Crippen molar-refractivity contribution in [1.29, 1.82) is 0 Å². The number of sulfonamides is 1. The van der Waals surface area contributed by atoms with Gasteiger partial charge in [0.25, 0.3) is 0 Å². The van der Waals surface area contributed by atoms with Crippen molar-refractivity contribution in [2.75, 3.05) is 13.7 Å². The van der Waals surface area contributed by atoms with E-state index in [1.807, 2.05) is 12.1 Å². The number of methoxy groups -OCH3 is 1. The van der Waals surface area contributed by atoms with Gasteiger partial charge in [0.2, 0.25) is 10.0 Å². The maximum Gasteiger partial charge on any atom is 0.243 e. The number of halogens is 1. The van der Waals surface area contributed by atoms with Gasteiger partial charge in [0.05, 0.1) is 12.0 Å². The molecule has 0 fully saturated rings. The van der Waals surface area contributed by atoms with E-state index >= 15 is 0 Å². The Morgan fingerprint density at radius 3 is 2.24 bits per heavy atom. The highest BCUT2D eigenvalue weighted by atomic mass is 32.2. The van der Waals surface area contributed by atoms with Gasteiger partial charge in [-0.25, -0.2) is 12.8 Å². The van der Waals surface area contributed by atoms with Crippen LogP contribution in [0.5, 0.6) is 5.75 Å². The first kappa shape index (κ1) is 19.4. The maximum atomic E-state index is 13.9. The fraction of sp³-hybridized carbons (Fsp3) is 0.368. The minimum atomic E-state index is -3.64. The molecule has 136 valence electrons. The van der Waals surface area contributed by atoms with Crippen molar-refractivity contribution < 1.29 is 17.5 Å². The standard InChI is InChI=1S/C19H24FNO3S/c1-5-21(13-15-6-11-19(24-4)18(20)12-15)25(22,23)17-9-7-16(8-10-17)14(2)3/h6-12,14H,5,13H2,1-4H3. The highest BCUT2D eigenvalue weighted by Gasteiger charge is 2.23. The zero-order chi connectivity index (χ0) is 18.6. The number of benzene rings is 2. The van der Waals surface area contributed by atoms with Gasteiger partial charge in [-0.05, 0) is 41.3 Å². The molecule has 0 N–H and O–H groups in total. The van der Waals surface area contributed by atoms with Gasteiger partial charge in [-0.2, -0.15) is 4.31 Å². The maximum absolute atomic E-state index is 13.9. The summed E-state index contributed by atoms with van der Waals surface area (Å²) in [5, 5.41) is 0. The highest BCUT2D eigenvalue weighted by molar-refractivity contribution is 7.89. The summed E-state index contributed by atoms with van der Waals surface area (Å²) >= 11 is 0. The lowest BCUT2D eigenvalue weighted by Gasteiger charge is -2.21. The summed E-state index contributed by atoms with van der Waals surface area (Å²) in [7, 11) is -2.25. The van der Waals surface area contributed by atoms with E-state index in [1.54, 1.807) is 25.1 Å². The molecule has 0 atom stereocenters. The van der Waals surface area contributed by atoms with Crippen molar-refractivity contribution in [2.45, 2.75) is 38.1 Å². The summed E-state index contributed by atoms with van der Waals surface area (Å²) in [6.07, 6.45) is 0. The molecular formula is C19H24FNO3S. The second kappa shape index (κ2) is 7.97. The van der Waals surface area contributed by atoms with Crippen molar-refractivity contribution in [3.05, 3.63) is 59.4 Å². The van der Waals surface area contributed by atoms with Crippen LogP contribution in [0.2, 0.25) is 0 Å². The molecular weight excluding hydrogens is 341 g/mol. The Morgan fingerprint density at radius 2 is 1.76 bits per heavy atom. The lowest BCUT2D eigenvalue weighted by Crippen LogP contribution is -2.30. The molecule has 0 unspecified atom stereocenters. The van der Waals surface area contributed by atoms with Crippen LogP contribution in [0, 0.1) is 5.82 Å². The van der Waals surface area contributed by atoms with E-state index in [1.165, 1.54) is 23.5 Å². The Kier molecular flexibility index (Phi) is 6.19. The summed E-state index contributed by atoms with van der Waals surface area (Å²) < 4.78 is 45.8. The second-order valence-corrected chi connectivity index (χ2v) is 8.06. The number of ether oxygens (including phenoxy) is 1. The molecule has 0 aliphatic carbocycles. The van der Waals surface area contributed by atoms with Crippen LogP contribution in [0.15, 0.2) is 47.4 Å². The molecule has 0 saturated carbocycles. The van der Waals surface area contributed by atoms with E-state index in [0.29, 0.717) is 18.0 Å². The minimum Gasteiger partial charge on any atom is -0.494 e. The Bertz CT molecular complexity index is 817. The fourth-order valence-corrected chi connectivity index (χ4v) is 3.99. The van der Waals surface area contributed by atoms with E-state index in [0.717, 1.165) is 5.56 Å². The zero-order valence-corrected chi connectivity index (χ0v) is 15.8. The lowest BCUT2D eigenvalue weighted by molar-refractivity contribution is 0.384. The van der Waals surface area contributed by atoms with E-state index in [9.17, 15) is 12.8 Å². The van der Waals surface area contributed by atoms with E-state index in [-0.39, 0.29) is 17.2 Å². The Balaban J connectivity index is 2.27. The smallest absolute Gasteiger partial charge is 0.243 e. The molecule has 0 radical (unpaired) electrons. The van der Waals surface area contributed by atoms with Crippen LogP contribution in [0.25, 0.3) is 0 Å². The van der Waals surface area contributed by atoms with Gasteiger partial charge in [0.1, 0.15) is 0 Å². The van der Waals surface area contributed by atoms with Crippen LogP contribution in [-0.2, 0) is 16.6 Å². The molecule has 0 aromatic heterocycles. The Labute approximate surface area is 149 Å². The zero-order valence-electron chi connectivity index (χ0n) is 15.0. The highest BCUT2D eigenvalue weighted by Crippen LogP contribution is 2.23. The van der Waals surface area contributed by atoms with Crippen molar-refractivity contribution in [1.82, 2.24) is 4.31 Å². The van der Waals surface area contributed by atoms with E-state index in [4.69, 9.17) is 4.74 Å². The van der Waals surface area contributed by atoms with E-state index in [2.05, 4.69) is 13.8 Å². The average Bonchev–Trinajstić information content (AvgIpc) is 2.59. The van der Waals surface area contributed by atoms with Crippen molar-refractivity contribution in [2.24, 2.45) is 0 Å². The first-order chi connectivity index (χ1) is 11.8. The fourth-order valence-electron chi connectivity index (χ4n) is 2.55. The van der Waals surface area contributed by atoms with Gasteiger partial charge < -0.3 is 4.74 Å². The van der Waals surface area contributed by atoms with Crippen LogP contribution in [0.4, 0.5) is 4.39 Å². The minimum absolute atomic E-state index is 0.103. The molecule has 4 nitrogen and oxygen atoms in total. The molecule has 0 saturated heterocycles. The van der Waals surface area contributed by atoms with Crippen LogP contribution >= 0.6 is 0 Å². The normalized spacial score (nSPS) is 12.0. The topological polar surface area (TPSA) is 46.6 Å². The number of hydrogen-bond donors (Lipinski definition) is 0. The molecule has 0 heterocycles. The summed E-state index contributed by atoms with van der Waals surface area (Å²) in [5.41, 5.74) is 1.65. The molecule has 2 rings (SSSR count). The van der Waals surface area contributed by atoms with Crippen LogP contribution in [-0.4, -0.2) is 26.4 Å². The summed E-state index contributed by atoms with van der Waals surface area (Å²) in [6, 6.07) is 11.4. The van der Waals surface area contributed by atoms with Crippen LogP contribution in [0.1, 0.15) is 37.8 Å². The van der Waals surface area contributed by atoms with Crippen molar-refractivity contribution in [3.8, 4) is 5.75 Å². The third kappa shape index (κ3) is 4.38. The molecule has 0 spiro atoms. The molecule has 2 aromatic carbocycles. The predicted octanol–water partition coefficient (Wildman–Crippen LogP) is 4.17. The first-order valence-corrected chi connectivity index (χ1v) is 9.66. The second-order valence-electron chi connectivity index (χ2n) is 6.12. The van der Waals surface area contributed by atoms with Crippen molar-refractivity contribution >= 4 is 10.0 Å². The first-order valence-electron chi connectivity index (χ1n) is 8.22. The van der Waals surface area contributed by atoms with Gasteiger partial charge in [0.15, 0.2) is 11.6 Å². The largest absolute Gasteiger partial charge is 0.494 e.